The van der Waals surface area contributed by atoms with Gasteiger partial charge in [0.05, 0.1) is 5.02 Å². The number of hydrogen-bond acceptors (Lipinski definition) is 1. The maximum atomic E-state index is 11.0. The van der Waals surface area contributed by atoms with Gasteiger partial charge in [-0.15, -0.1) is 0 Å². The van der Waals surface area contributed by atoms with Crippen molar-refractivity contribution in [1.29, 1.82) is 0 Å². The fourth-order valence-electron chi connectivity index (χ4n) is 1.73. The van der Waals surface area contributed by atoms with E-state index < -0.39 is 5.97 Å². The Balaban J connectivity index is 2.11. The number of carboxylic acids is 1. The fourth-order valence-corrected chi connectivity index (χ4v) is 1.95. The summed E-state index contributed by atoms with van der Waals surface area (Å²) in [5, 5.41) is 9.45. The van der Waals surface area contributed by atoms with Crippen LogP contribution in [-0.2, 0) is 13.0 Å². The van der Waals surface area contributed by atoms with Crippen molar-refractivity contribution >= 4 is 17.6 Å². The van der Waals surface area contributed by atoms with E-state index in [1.807, 2.05) is 30.3 Å². The third-order valence-corrected chi connectivity index (χ3v) is 2.77. The predicted octanol–water partition coefficient (Wildman–Crippen LogP) is 3.08. The summed E-state index contributed by atoms with van der Waals surface area (Å²) >= 11 is 5.81. The van der Waals surface area contributed by atoms with Crippen molar-refractivity contribution < 1.29 is 9.90 Å². The number of rotatable bonds is 4. The van der Waals surface area contributed by atoms with Gasteiger partial charge in [-0.05, 0) is 18.1 Å². The molecule has 0 saturated carbocycles. The zero-order chi connectivity index (χ0) is 12.3. The normalized spacial score (nSPS) is 10.4. The number of carbonyl (C=O) groups is 1. The van der Waals surface area contributed by atoms with Gasteiger partial charge in [-0.3, -0.25) is 0 Å². The van der Waals surface area contributed by atoms with Gasteiger partial charge in [0.15, 0.2) is 0 Å². The highest BCUT2D eigenvalue weighted by Crippen LogP contribution is 2.15. The molecule has 0 saturated heterocycles. The molecule has 2 rings (SSSR count). The number of hydrogen-bond donors (Lipinski definition) is 1. The summed E-state index contributed by atoms with van der Waals surface area (Å²) in [5.74, 6) is -0.954. The molecule has 1 heterocycles. The minimum absolute atomic E-state index is 0.228. The summed E-state index contributed by atoms with van der Waals surface area (Å²) in [4.78, 5) is 11.0. The average molecular weight is 250 g/mol. The molecule has 4 heteroatoms. The van der Waals surface area contributed by atoms with Crippen LogP contribution in [0.15, 0.2) is 42.6 Å². The molecule has 0 atom stereocenters. The maximum absolute atomic E-state index is 11.0. The molecule has 1 N–H and O–H groups in total. The lowest BCUT2D eigenvalue weighted by molar-refractivity contribution is 0.0685. The van der Waals surface area contributed by atoms with Crippen molar-refractivity contribution in [3.63, 3.8) is 0 Å². The second kappa shape index (κ2) is 5.06. The topological polar surface area (TPSA) is 42.2 Å². The first-order valence-corrected chi connectivity index (χ1v) is 5.67. The molecule has 0 aliphatic carbocycles. The van der Waals surface area contributed by atoms with E-state index in [-0.39, 0.29) is 5.69 Å². The lowest BCUT2D eigenvalue weighted by atomic mass is 10.1. The molecule has 0 spiro atoms. The van der Waals surface area contributed by atoms with E-state index in [4.69, 9.17) is 16.7 Å². The van der Waals surface area contributed by atoms with Crippen molar-refractivity contribution in [2.24, 2.45) is 0 Å². The van der Waals surface area contributed by atoms with E-state index in [0.29, 0.717) is 11.6 Å². The number of aryl methyl sites for hydroxylation is 2. The molecular formula is C13H12ClNO2. The van der Waals surface area contributed by atoms with E-state index in [2.05, 4.69) is 0 Å². The van der Waals surface area contributed by atoms with Gasteiger partial charge in [0.2, 0.25) is 0 Å². The van der Waals surface area contributed by atoms with Gasteiger partial charge in [-0.25, -0.2) is 4.79 Å². The lowest BCUT2D eigenvalue weighted by Crippen LogP contribution is -2.09. The van der Waals surface area contributed by atoms with Gasteiger partial charge >= 0.3 is 5.97 Å². The first-order chi connectivity index (χ1) is 8.16. The van der Waals surface area contributed by atoms with Crippen LogP contribution in [0.1, 0.15) is 16.1 Å². The van der Waals surface area contributed by atoms with Crippen LogP contribution in [-0.4, -0.2) is 15.6 Å². The molecule has 0 amide bonds. The monoisotopic (exact) mass is 249 g/mol. The summed E-state index contributed by atoms with van der Waals surface area (Å²) in [7, 11) is 0. The number of aromatic carboxylic acids is 1. The quantitative estimate of drug-likeness (QED) is 0.905. The highest BCUT2D eigenvalue weighted by Gasteiger charge is 2.11. The molecule has 0 aliphatic heterocycles. The Morgan fingerprint density at radius 3 is 2.65 bits per heavy atom. The Labute approximate surface area is 104 Å². The van der Waals surface area contributed by atoms with Crippen LogP contribution in [0.25, 0.3) is 0 Å². The van der Waals surface area contributed by atoms with Gasteiger partial charge in [0.25, 0.3) is 0 Å². The summed E-state index contributed by atoms with van der Waals surface area (Å²) in [6.07, 6.45) is 2.43. The number of nitrogens with zero attached hydrogens (tertiary/aromatic N) is 1. The van der Waals surface area contributed by atoms with Crippen molar-refractivity contribution in [3.05, 3.63) is 58.9 Å². The number of aromatic nitrogens is 1. The van der Waals surface area contributed by atoms with Crippen LogP contribution in [0.5, 0.6) is 0 Å². The molecule has 0 fully saturated rings. The Morgan fingerprint density at radius 1 is 1.29 bits per heavy atom. The van der Waals surface area contributed by atoms with Crippen LogP contribution in [0, 0.1) is 0 Å². The highest BCUT2D eigenvalue weighted by atomic mass is 35.5. The second-order valence-corrected chi connectivity index (χ2v) is 4.21. The summed E-state index contributed by atoms with van der Waals surface area (Å²) in [6, 6.07) is 11.4. The number of benzene rings is 1. The molecular weight excluding hydrogens is 238 g/mol. The average Bonchev–Trinajstić information content (AvgIpc) is 2.69. The molecule has 0 aliphatic rings. The first-order valence-electron chi connectivity index (χ1n) is 5.30. The maximum Gasteiger partial charge on any atom is 0.352 e. The minimum atomic E-state index is -0.954. The minimum Gasteiger partial charge on any atom is -0.477 e. The van der Waals surface area contributed by atoms with Crippen LogP contribution in [0.2, 0.25) is 5.02 Å². The molecule has 3 nitrogen and oxygen atoms in total. The summed E-state index contributed by atoms with van der Waals surface area (Å²) in [6.45, 7) is 0.609. The lowest BCUT2D eigenvalue weighted by Gasteiger charge is -2.05. The van der Waals surface area contributed by atoms with Crippen LogP contribution in [0.4, 0.5) is 0 Å². The Kier molecular flexibility index (Phi) is 3.49. The van der Waals surface area contributed by atoms with Crippen molar-refractivity contribution in [2.75, 3.05) is 0 Å². The third-order valence-electron chi connectivity index (χ3n) is 2.57. The number of carboxylic acid groups (broad SMARTS) is 1. The second-order valence-electron chi connectivity index (χ2n) is 3.78. The molecule has 17 heavy (non-hydrogen) atoms. The fraction of sp³-hybridized carbons (Fsp3) is 0.154. The van der Waals surface area contributed by atoms with Crippen LogP contribution >= 0.6 is 11.6 Å². The molecule has 1 aromatic carbocycles. The van der Waals surface area contributed by atoms with Crippen molar-refractivity contribution in [1.82, 2.24) is 4.57 Å². The van der Waals surface area contributed by atoms with Crippen molar-refractivity contribution in [2.45, 2.75) is 13.0 Å². The summed E-state index contributed by atoms with van der Waals surface area (Å²) in [5.41, 5.74) is 1.40. The molecule has 0 radical (unpaired) electrons. The molecule has 0 unspecified atom stereocenters. The van der Waals surface area contributed by atoms with E-state index in [9.17, 15) is 4.79 Å². The standard InChI is InChI=1S/C13H12ClNO2/c14-11-8-12(13(16)17)15(9-11)7-6-10-4-2-1-3-5-10/h1-5,8-9H,6-7H2,(H,16,17). The van der Waals surface area contributed by atoms with Gasteiger partial charge < -0.3 is 9.67 Å². The van der Waals surface area contributed by atoms with E-state index in [1.54, 1.807) is 10.8 Å². The SMILES string of the molecule is O=C(O)c1cc(Cl)cn1CCc1ccccc1. The van der Waals surface area contributed by atoms with Gasteiger partial charge in [-0.2, -0.15) is 0 Å². The Bertz CT molecular complexity index is 519. The third kappa shape index (κ3) is 2.88. The zero-order valence-corrected chi connectivity index (χ0v) is 9.89. The predicted molar refractivity (Wildman–Crippen MR) is 66.5 cm³/mol. The van der Waals surface area contributed by atoms with Gasteiger partial charge in [0.1, 0.15) is 5.69 Å². The smallest absolute Gasteiger partial charge is 0.352 e. The van der Waals surface area contributed by atoms with Crippen molar-refractivity contribution in [3.8, 4) is 0 Å². The highest BCUT2D eigenvalue weighted by molar-refractivity contribution is 6.30. The van der Waals surface area contributed by atoms with Crippen LogP contribution in [0.3, 0.4) is 0 Å². The van der Waals surface area contributed by atoms with Gasteiger partial charge in [0, 0.05) is 12.7 Å². The largest absolute Gasteiger partial charge is 0.477 e. The Hall–Kier alpha value is -1.74. The van der Waals surface area contributed by atoms with E-state index >= 15 is 0 Å². The molecule has 88 valence electrons. The van der Waals surface area contributed by atoms with E-state index in [1.165, 1.54) is 11.6 Å². The van der Waals surface area contributed by atoms with E-state index in [0.717, 1.165) is 6.42 Å². The van der Waals surface area contributed by atoms with Crippen LogP contribution < -0.4 is 0 Å². The summed E-state index contributed by atoms with van der Waals surface area (Å²) < 4.78 is 1.66. The molecule has 2 aromatic rings. The molecule has 0 bridgehead atoms. The zero-order valence-electron chi connectivity index (χ0n) is 9.14. The first kappa shape index (κ1) is 11.7. The van der Waals surface area contributed by atoms with Gasteiger partial charge in [-0.1, -0.05) is 41.9 Å². The number of halogens is 1. The molecule has 1 aromatic heterocycles. The Morgan fingerprint density at radius 2 is 2.00 bits per heavy atom.